The van der Waals surface area contributed by atoms with Gasteiger partial charge in [-0.3, -0.25) is 9.48 Å². The zero-order chi connectivity index (χ0) is 15.6. The lowest BCUT2D eigenvalue weighted by atomic mass is 10.1. The summed E-state index contributed by atoms with van der Waals surface area (Å²) < 4.78 is 14.5. The van der Waals surface area contributed by atoms with E-state index >= 15 is 0 Å². The number of aromatic nitrogens is 2. The van der Waals surface area contributed by atoms with Crippen LogP contribution in [-0.2, 0) is 7.05 Å². The molecule has 2 aromatic rings. The van der Waals surface area contributed by atoms with Crippen LogP contribution in [0.3, 0.4) is 0 Å². The average Bonchev–Trinajstić information content (AvgIpc) is 2.79. The molecule has 0 aliphatic rings. The number of nitrogen functional groups attached to an aromatic ring is 1. The second kappa shape index (κ2) is 5.95. The van der Waals surface area contributed by atoms with Gasteiger partial charge in [-0.1, -0.05) is 12.1 Å². The van der Waals surface area contributed by atoms with Crippen LogP contribution in [0.1, 0.15) is 35.9 Å². The smallest absolute Gasteiger partial charge is 0.277 e. The molecule has 0 spiro atoms. The number of hydrogen-bond donors (Lipinski definition) is 1. The maximum atomic E-state index is 13.0. The standard InChI is InChI=1S/C15H19FN4O/c1-4-20(10(2)11-5-7-12(16)8-6-11)15(21)14-13(17)9-19(3)18-14/h5-10H,4,17H2,1-3H3. The van der Waals surface area contributed by atoms with E-state index in [0.29, 0.717) is 12.2 Å². The van der Waals surface area contributed by atoms with Crippen molar-refractivity contribution in [1.82, 2.24) is 14.7 Å². The Morgan fingerprint density at radius 3 is 2.52 bits per heavy atom. The molecule has 21 heavy (non-hydrogen) atoms. The van der Waals surface area contributed by atoms with Gasteiger partial charge in [-0.15, -0.1) is 0 Å². The van der Waals surface area contributed by atoms with Gasteiger partial charge in [-0.25, -0.2) is 4.39 Å². The minimum Gasteiger partial charge on any atom is -0.396 e. The number of nitrogens with zero attached hydrogens (tertiary/aromatic N) is 3. The number of nitrogens with two attached hydrogens (primary N) is 1. The summed E-state index contributed by atoms with van der Waals surface area (Å²) in [4.78, 5) is 14.2. The molecule has 2 N–H and O–H groups in total. The van der Waals surface area contributed by atoms with Crippen molar-refractivity contribution < 1.29 is 9.18 Å². The summed E-state index contributed by atoms with van der Waals surface area (Å²) in [5.41, 5.74) is 7.27. The molecule has 0 fully saturated rings. The zero-order valence-electron chi connectivity index (χ0n) is 12.4. The summed E-state index contributed by atoms with van der Waals surface area (Å²) in [5, 5.41) is 4.11. The van der Waals surface area contributed by atoms with Crippen molar-refractivity contribution in [1.29, 1.82) is 0 Å². The summed E-state index contributed by atoms with van der Waals surface area (Å²) in [6, 6.07) is 5.94. The van der Waals surface area contributed by atoms with Crippen LogP contribution in [0, 0.1) is 5.82 Å². The third kappa shape index (κ3) is 3.04. The summed E-state index contributed by atoms with van der Waals surface area (Å²) in [6.45, 7) is 4.29. The lowest BCUT2D eigenvalue weighted by molar-refractivity contribution is 0.0696. The molecule has 0 aliphatic carbocycles. The van der Waals surface area contributed by atoms with E-state index in [9.17, 15) is 9.18 Å². The summed E-state index contributed by atoms with van der Waals surface area (Å²) in [6.07, 6.45) is 1.60. The van der Waals surface area contributed by atoms with E-state index in [1.165, 1.54) is 16.8 Å². The largest absolute Gasteiger partial charge is 0.396 e. The molecule has 1 heterocycles. The fourth-order valence-electron chi connectivity index (χ4n) is 2.32. The Hall–Kier alpha value is -2.37. The molecule has 1 atom stereocenters. The second-order valence-electron chi connectivity index (χ2n) is 4.93. The minimum atomic E-state index is -0.297. The van der Waals surface area contributed by atoms with E-state index in [1.54, 1.807) is 30.3 Å². The minimum absolute atomic E-state index is 0.190. The molecule has 0 radical (unpaired) electrons. The molecule has 0 bridgehead atoms. The summed E-state index contributed by atoms with van der Waals surface area (Å²) >= 11 is 0. The summed E-state index contributed by atoms with van der Waals surface area (Å²) in [5.74, 6) is -0.526. The molecule has 6 heteroatoms. The van der Waals surface area contributed by atoms with Gasteiger partial charge in [-0.05, 0) is 31.5 Å². The van der Waals surface area contributed by atoms with Gasteiger partial charge < -0.3 is 10.6 Å². The van der Waals surface area contributed by atoms with Crippen LogP contribution in [-0.4, -0.2) is 27.1 Å². The third-order valence-electron chi connectivity index (χ3n) is 3.48. The monoisotopic (exact) mass is 290 g/mol. The van der Waals surface area contributed by atoms with Crippen LogP contribution in [0.2, 0.25) is 0 Å². The predicted octanol–water partition coefficient (Wildman–Crippen LogP) is 2.36. The Bertz CT molecular complexity index is 636. The number of carbonyl (C=O) groups excluding carboxylic acids is 1. The molecular formula is C15H19FN4O. The quantitative estimate of drug-likeness (QED) is 0.940. The van der Waals surface area contributed by atoms with Crippen LogP contribution in [0.25, 0.3) is 0 Å². The van der Waals surface area contributed by atoms with Gasteiger partial charge >= 0.3 is 0 Å². The number of hydrogen-bond acceptors (Lipinski definition) is 3. The molecule has 0 aliphatic heterocycles. The molecule has 112 valence electrons. The van der Waals surface area contributed by atoms with Gasteiger partial charge in [0, 0.05) is 19.8 Å². The molecule has 1 amide bonds. The van der Waals surface area contributed by atoms with Crippen molar-refractivity contribution in [2.75, 3.05) is 12.3 Å². The normalized spacial score (nSPS) is 12.2. The Balaban J connectivity index is 2.28. The van der Waals surface area contributed by atoms with Crippen LogP contribution in [0.4, 0.5) is 10.1 Å². The first-order chi connectivity index (χ1) is 9.93. The van der Waals surface area contributed by atoms with Gasteiger partial charge in [0.2, 0.25) is 0 Å². The predicted molar refractivity (Wildman–Crippen MR) is 79.1 cm³/mol. The van der Waals surface area contributed by atoms with E-state index < -0.39 is 0 Å². The van der Waals surface area contributed by atoms with Crippen molar-refractivity contribution in [3.63, 3.8) is 0 Å². The molecule has 1 unspecified atom stereocenters. The second-order valence-corrected chi connectivity index (χ2v) is 4.93. The Morgan fingerprint density at radius 1 is 1.43 bits per heavy atom. The van der Waals surface area contributed by atoms with E-state index in [-0.39, 0.29) is 23.5 Å². The van der Waals surface area contributed by atoms with E-state index in [1.807, 2.05) is 13.8 Å². The number of benzene rings is 1. The first-order valence-electron chi connectivity index (χ1n) is 6.79. The molecule has 1 aromatic heterocycles. The molecule has 0 saturated carbocycles. The fraction of sp³-hybridized carbons (Fsp3) is 0.333. The lowest BCUT2D eigenvalue weighted by Crippen LogP contribution is -2.34. The highest BCUT2D eigenvalue weighted by Gasteiger charge is 2.25. The first kappa shape index (κ1) is 15.0. The van der Waals surface area contributed by atoms with E-state index in [2.05, 4.69) is 5.10 Å². The average molecular weight is 290 g/mol. The zero-order valence-corrected chi connectivity index (χ0v) is 12.4. The van der Waals surface area contributed by atoms with Gasteiger partial charge in [0.15, 0.2) is 5.69 Å². The topological polar surface area (TPSA) is 64.2 Å². The molecule has 5 nitrogen and oxygen atoms in total. The van der Waals surface area contributed by atoms with Gasteiger partial charge in [-0.2, -0.15) is 5.10 Å². The van der Waals surface area contributed by atoms with Crippen molar-refractivity contribution in [3.8, 4) is 0 Å². The van der Waals surface area contributed by atoms with Crippen molar-refractivity contribution in [2.24, 2.45) is 7.05 Å². The Labute approximate surface area is 123 Å². The Morgan fingerprint density at radius 2 is 2.05 bits per heavy atom. The highest BCUT2D eigenvalue weighted by molar-refractivity contribution is 5.97. The number of aryl methyl sites for hydroxylation is 1. The number of rotatable bonds is 4. The fourth-order valence-corrected chi connectivity index (χ4v) is 2.32. The lowest BCUT2D eigenvalue weighted by Gasteiger charge is -2.28. The van der Waals surface area contributed by atoms with Crippen molar-refractivity contribution in [2.45, 2.75) is 19.9 Å². The Kier molecular flexibility index (Phi) is 4.26. The highest BCUT2D eigenvalue weighted by Crippen LogP contribution is 2.23. The van der Waals surface area contributed by atoms with Crippen molar-refractivity contribution >= 4 is 11.6 Å². The van der Waals surface area contributed by atoms with E-state index in [4.69, 9.17) is 5.73 Å². The van der Waals surface area contributed by atoms with Crippen LogP contribution in [0.15, 0.2) is 30.5 Å². The van der Waals surface area contributed by atoms with Crippen LogP contribution >= 0.6 is 0 Å². The molecular weight excluding hydrogens is 271 g/mol. The number of carbonyl (C=O) groups is 1. The molecule has 2 rings (SSSR count). The summed E-state index contributed by atoms with van der Waals surface area (Å²) in [7, 11) is 1.72. The van der Waals surface area contributed by atoms with Gasteiger partial charge in [0.25, 0.3) is 5.91 Å². The SMILES string of the molecule is CCN(C(=O)c1nn(C)cc1N)C(C)c1ccc(F)cc1. The number of amides is 1. The molecule has 1 aromatic carbocycles. The first-order valence-corrected chi connectivity index (χ1v) is 6.79. The maximum Gasteiger partial charge on any atom is 0.277 e. The van der Waals surface area contributed by atoms with E-state index in [0.717, 1.165) is 5.56 Å². The van der Waals surface area contributed by atoms with Gasteiger partial charge in [0.1, 0.15) is 5.82 Å². The maximum absolute atomic E-state index is 13.0. The highest BCUT2D eigenvalue weighted by atomic mass is 19.1. The number of anilines is 1. The van der Waals surface area contributed by atoms with Crippen LogP contribution in [0.5, 0.6) is 0 Å². The van der Waals surface area contributed by atoms with Crippen LogP contribution < -0.4 is 5.73 Å². The number of halogens is 1. The van der Waals surface area contributed by atoms with Gasteiger partial charge in [0.05, 0.1) is 11.7 Å². The van der Waals surface area contributed by atoms with Crippen molar-refractivity contribution in [3.05, 3.63) is 47.5 Å². The third-order valence-corrected chi connectivity index (χ3v) is 3.48. The molecule has 0 saturated heterocycles.